The minimum atomic E-state index is -0.427. The predicted octanol–water partition coefficient (Wildman–Crippen LogP) is 3.22. The van der Waals surface area contributed by atoms with Gasteiger partial charge in [0, 0.05) is 32.1 Å². The van der Waals surface area contributed by atoms with Gasteiger partial charge in [0.05, 0.1) is 12.7 Å². The third-order valence-electron chi connectivity index (χ3n) is 4.70. The van der Waals surface area contributed by atoms with Crippen molar-refractivity contribution in [3.8, 4) is 0 Å². The van der Waals surface area contributed by atoms with Gasteiger partial charge in [-0.25, -0.2) is 4.79 Å². The fourth-order valence-electron chi connectivity index (χ4n) is 3.16. The maximum atomic E-state index is 12.1. The summed E-state index contributed by atoms with van der Waals surface area (Å²) < 4.78 is 4.67. The lowest BCUT2D eigenvalue weighted by atomic mass is 9.97. The Kier molecular flexibility index (Phi) is 8.04. The van der Waals surface area contributed by atoms with Gasteiger partial charge in [0.15, 0.2) is 0 Å². The molecule has 2 amide bonds. The average Bonchev–Trinajstić information content (AvgIpc) is 2.68. The van der Waals surface area contributed by atoms with Crippen molar-refractivity contribution in [2.45, 2.75) is 45.4 Å². The second-order valence-corrected chi connectivity index (χ2v) is 6.67. The number of ether oxygens (including phenoxy) is 1. The molecular formula is C21H28N2O4. The van der Waals surface area contributed by atoms with Crippen LogP contribution in [-0.4, -0.2) is 38.0 Å². The van der Waals surface area contributed by atoms with Crippen LogP contribution < -0.4 is 10.2 Å². The molecule has 0 unspecified atom stereocenters. The highest BCUT2D eigenvalue weighted by Gasteiger charge is 2.14. The highest BCUT2D eigenvalue weighted by Crippen LogP contribution is 2.19. The zero-order valence-corrected chi connectivity index (χ0v) is 16.1. The van der Waals surface area contributed by atoms with Crippen LogP contribution in [0.1, 0.15) is 55.8 Å². The molecule has 0 fully saturated rings. The lowest BCUT2D eigenvalue weighted by molar-refractivity contribution is -0.121. The number of hydrogen-bond donors (Lipinski definition) is 1. The first-order valence-electron chi connectivity index (χ1n) is 9.42. The lowest BCUT2D eigenvalue weighted by Crippen LogP contribution is -2.34. The topological polar surface area (TPSA) is 75.7 Å². The molecule has 1 aliphatic carbocycles. The van der Waals surface area contributed by atoms with Crippen LogP contribution in [0.5, 0.6) is 0 Å². The Bertz CT molecular complexity index is 695. The van der Waals surface area contributed by atoms with Gasteiger partial charge in [-0.05, 0) is 56.4 Å². The molecule has 0 radical (unpaired) electrons. The summed E-state index contributed by atoms with van der Waals surface area (Å²) in [5, 5.41) is 2.93. The van der Waals surface area contributed by atoms with Crippen LogP contribution in [0, 0.1) is 0 Å². The molecule has 2 rings (SSSR count). The molecule has 0 spiro atoms. The Balaban J connectivity index is 1.83. The molecule has 6 heteroatoms. The van der Waals surface area contributed by atoms with Crippen LogP contribution in [0.3, 0.4) is 0 Å². The number of esters is 1. The van der Waals surface area contributed by atoms with Gasteiger partial charge < -0.3 is 15.0 Å². The van der Waals surface area contributed by atoms with Crippen molar-refractivity contribution in [1.82, 2.24) is 5.32 Å². The van der Waals surface area contributed by atoms with Gasteiger partial charge in [-0.3, -0.25) is 9.59 Å². The second kappa shape index (κ2) is 10.5. The largest absolute Gasteiger partial charge is 0.465 e. The van der Waals surface area contributed by atoms with Crippen molar-refractivity contribution >= 4 is 23.5 Å². The number of nitrogens with zero attached hydrogens (tertiary/aromatic N) is 1. The molecule has 0 saturated carbocycles. The van der Waals surface area contributed by atoms with E-state index < -0.39 is 5.97 Å². The van der Waals surface area contributed by atoms with Gasteiger partial charge in [0.1, 0.15) is 0 Å². The van der Waals surface area contributed by atoms with Crippen molar-refractivity contribution in [3.63, 3.8) is 0 Å². The van der Waals surface area contributed by atoms with Crippen LogP contribution in [0.25, 0.3) is 0 Å². The van der Waals surface area contributed by atoms with Crippen molar-refractivity contribution in [1.29, 1.82) is 0 Å². The van der Waals surface area contributed by atoms with E-state index in [1.807, 2.05) is 0 Å². The van der Waals surface area contributed by atoms with Gasteiger partial charge in [0.2, 0.25) is 11.8 Å². The molecule has 146 valence electrons. The van der Waals surface area contributed by atoms with Gasteiger partial charge in [-0.2, -0.15) is 0 Å². The lowest BCUT2D eigenvalue weighted by Gasteiger charge is -2.21. The first-order chi connectivity index (χ1) is 13.0. The minimum Gasteiger partial charge on any atom is -0.465 e. The number of benzene rings is 1. The van der Waals surface area contributed by atoms with E-state index in [9.17, 15) is 14.4 Å². The summed E-state index contributed by atoms with van der Waals surface area (Å²) in [6.45, 7) is 2.39. The summed E-state index contributed by atoms with van der Waals surface area (Å²) in [5.74, 6) is -0.645. The summed E-state index contributed by atoms with van der Waals surface area (Å²) in [6, 6.07) is 6.58. The van der Waals surface area contributed by atoms with Gasteiger partial charge in [-0.1, -0.05) is 11.6 Å². The Morgan fingerprint density at radius 1 is 1.15 bits per heavy atom. The van der Waals surface area contributed by atoms with Crippen molar-refractivity contribution in [2.75, 3.05) is 25.1 Å². The number of rotatable bonds is 8. The molecule has 0 saturated heterocycles. The summed E-state index contributed by atoms with van der Waals surface area (Å²) in [4.78, 5) is 37.1. The van der Waals surface area contributed by atoms with E-state index in [4.69, 9.17) is 0 Å². The number of amides is 2. The molecule has 1 aliphatic rings. The molecule has 0 bridgehead atoms. The highest BCUT2D eigenvalue weighted by atomic mass is 16.5. The molecule has 1 N–H and O–H groups in total. The molecule has 1 aromatic rings. The maximum absolute atomic E-state index is 12.1. The Hall–Kier alpha value is -2.63. The van der Waals surface area contributed by atoms with Crippen LogP contribution >= 0.6 is 0 Å². The van der Waals surface area contributed by atoms with E-state index in [0.717, 1.165) is 19.3 Å². The van der Waals surface area contributed by atoms with Crippen LogP contribution in [0.15, 0.2) is 35.9 Å². The SMILES string of the molecule is COC(=O)c1ccc(N(CCC(=O)NCCC2=CCCCC2)C(C)=O)cc1. The quantitative estimate of drug-likeness (QED) is 0.561. The standard InChI is InChI=1S/C21H28N2O4/c1-16(24)23(19-10-8-18(9-11-19)21(26)27-2)15-13-20(25)22-14-12-17-6-4-3-5-7-17/h6,8-11H,3-5,7,12-15H2,1-2H3,(H,22,25). The molecule has 27 heavy (non-hydrogen) atoms. The summed E-state index contributed by atoms with van der Waals surface area (Å²) in [5.41, 5.74) is 2.49. The monoisotopic (exact) mass is 372 g/mol. The summed E-state index contributed by atoms with van der Waals surface area (Å²) in [6.07, 6.45) is 8.19. The number of hydrogen-bond acceptors (Lipinski definition) is 4. The van der Waals surface area contributed by atoms with E-state index >= 15 is 0 Å². The van der Waals surface area contributed by atoms with E-state index in [-0.39, 0.29) is 18.2 Å². The second-order valence-electron chi connectivity index (χ2n) is 6.67. The van der Waals surface area contributed by atoms with Gasteiger partial charge >= 0.3 is 5.97 Å². The summed E-state index contributed by atoms with van der Waals surface area (Å²) in [7, 11) is 1.32. The summed E-state index contributed by atoms with van der Waals surface area (Å²) >= 11 is 0. The van der Waals surface area contributed by atoms with Crippen molar-refractivity contribution in [2.24, 2.45) is 0 Å². The van der Waals surface area contributed by atoms with Gasteiger partial charge in [-0.15, -0.1) is 0 Å². The van der Waals surface area contributed by atoms with Gasteiger partial charge in [0.25, 0.3) is 0 Å². The fourth-order valence-corrected chi connectivity index (χ4v) is 3.16. The van der Waals surface area contributed by atoms with E-state index in [0.29, 0.717) is 24.3 Å². The molecule has 0 aliphatic heterocycles. The van der Waals surface area contributed by atoms with Crippen LogP contribution in [-0.2, 0) is 14.3 Å². The third kappa shape index (κ3) is 6.55. The molecule has 1 aromatic carbocycles. The first-order valence-corrected chi connectivity index (χ1v) is 9.42. The molecular weight excluding hydrogens is 344 g/mol. The molecule has 0 atom stereocenters. The zero-order valence-electron chi connectivity index (χ0n) is 16.1. The maximum Gasteiger partial charge on any atom is 0.337 e. The molecule has 6 nitrogen and oxygen atoms in total. The van der Waals surface area contributed by atoms with Crippen molar-refractivity contribution in [3.05, 3.63) is 41.5 Å². The number of methoxy groups -OCH3 is 1. The first kappa shape index (κ1) is 20.7. The fraction of sp³-hybridized carbons (Fsp3) is 0.476. The number of anilines is 1. The average molecular weight is 372 g/mol. The molecule has 0 aromatic heterocycles. The Labute approximate surface area is 160 Å². The van der Waals surface area contributed by atoms with Crippen LogP contribution in [0.2, 0.25) is 0 Å². The Morgan fingerprint density at radius 3 is 2.48 bits per heavy atom. The van der Waals surface area contributed by atoms with Crippen molar-refractivity contribution < 1.29 is 19.1 Å². The predicted molar refractivity (Wildman–Crippen MR) is 105 cm³/mol. The van der Waals surface area contributed by atoms with Crippen LogP contribution in [0.4, 0.5) is 5.69 Å². The Morgan fingerprint density at radius 2 is 1.89 bits per heavy atom. The third-order valence-corrected chi connectivity index (χ3v) is 4.70. The highest BCUT2D eigenvalue weighted by molar-refractivity contribution is 5.94. The van der Waals surface area contributed by atoms with E-state index in [2.05, 4.69) is 16.1 Å². The number of carbonyl (C=O) groups excluding carboxylic acids is 3. The number of nitrogens with one attached hydrogen (secondary N) is 1. The zero-order chi connectivity index (χ0) is 19.6. The molecule has 0 heterocycles. The normalized spacial score (nSPS) is 13.5. The van der Waals surface area contributed by atoms with E-state index in [1.165, 1.54) is 37.3 Å². The van der Waals surface area contributed by atoms with E-state index in [1.54, 1.807) is 24.3 Å². The smallest absolute Gasteiger partial charge is 0.337 e. The number of allylic oxidation sites excluding steroid dienone is 1. The minimum absolute atomic E-state index is 0.0659. The number of carbonyl (C=O) groups is 3.